The number of nitrogens with zero attached hydrogens (tertiary/aromatic N) is 2. The first kappa shape index (κ1) is 13.1. The van der Waals surface area contributed by atoms with Crippen LogP contribution in [0, 0.1) is 0 Å². The van der Waals surface area contributed by atoms with Crippen molar-refractivity contribution in [3.05, 3.63) is 12.3 Å². The normalized spacial score (nSPS) is 16.0. The summed E-state index contributed by atoms with van der Waals surface area (Å²) < 4.78 is 27.7. The van der Waals surface area contributed by atoms with Crippen LogP contribution in [0.4, 0.5) is 0 Å². The summed E-state index contributed by atoms with van der Waals surface area (Å²) in [6.07, 6.45) is 1.91. The Labute approximate surface area is 95.3 Å². The van der Waals surface area contributed by atoms with E-state index in [-0.39, 0.29) is 11.6 Å². The topological polar surface area (TPSA) is 84.2 Å². The Bertz CT molecular complexity index is 448. The third-order valence-electron chi connectivity index (χ3n) is 2.56. The molecule has 0 saturated heterocycles. The molecule has 92 valence electrons. The first-order valence-electron chi connectivity index (χ1n) is 4.97. The van der Waals surface area contributed by atoms with Crippen LogP contribution in [0.25, 0.3) is 0 Å². The summed E-state index contributed by atoms with van der Waals surface area (Å²) >= 11 is 0. The Morgan fingerprint density at radius 1 is 1.62 bits per heavy atom. The fraction of sp³-hybridized carbons (Fsp3) is 0.667. The van der Waals surface area contributed by atoms with Gasteiger partial charge in [-0.1, -0.05) is 6.92 Å². The van der Waals surface area contributed by atoms with Crippen molar-refractivity contribution in [3.8, 4) is 0 Å². The lowest BCUT2D eigenvalue weighted by Gasteiger charge is -2.26. The molecule has 1 aromatic rings. The van der Waals surface area contributed by atoms with Crippen LogP contribution in [-0.4, -0.2) is 35.5 Å². The zero-order valence-electron chi connectivity index (χ0n) is 9.64. The van der Waals surface area contributed by atoms with Gasteiger partial charge in [0, 0.05) is 7.05 Å². The standard InChI is InChI=1S/C9H17N3O3S/c1-4-9(2,7-13)11-16(14,15)8-5-6-10-12(8)3/h5-6,11,13H,4,7H2,1-3H3. The van der Waals surface area contributed by atoms with Gasteiger partial charge in [0.1, 0.15) is 0 Å². The molecule has 7 heteroatoms. The maximum Gasteiger partial charge on any atom is 0.258 e. The lowest BCUT2D eigenvalue weighted by atomic mass is 10.0. The van der Waals surface area contributed by atoms with Gasteiger partial charge in [0.15, 0.2) is 5.03 Å². The van der Waals surface area contributed by atoms with Crippen LogP contribution < -0.4 is 4.72 Å². The lowest BCUT2D eigenvalue weighted by molar-refractivity contribution is 0.191. The van der Waals surface area contributed by atoms with Crippen LogP contribution in [0.5, 0.6) is 0 Å². The SMILES string of the molecule is CCC(C)(CO)NS(=O)(=O)c1ccnn1C. The van der Waals surface area contributed by atoms with E-state index in [4.69, 9.17) is 5.11 Å². The van der Waals surface area contributed by atoms with Gasteiger partial charge >= 0.3 is 0 Å². The summed E-state index contributed by atoms with van der Waals surface area (Å²) in [6, 6.07) is 1.41. The Hall–Kier alpha value is -0.920. The van der Waals surface area contributed by atoms with Crippen molar-refractivity contribution >= 4 is 10.0 Å². The van der Waals surface area contributed by atoms with Gasteiger partial charge in [-0.25, -0.2) is 13.1 Å². The highest BCUT2D eigenvalue weighted by atomic mass is 32.2. The lowest BCUT2D eigenvalue weighted by Crippen LogP contribution is -2.48. The molecule has 6 nitrogen and oxygen atoms in total. The summed E-state index contributed by atoms with van der Waals surface area (Å²) in [5.74, 6) is 0. The van der Waals surface area contributed by atoms with Crippen molar-refractivity contribution in [1.82, 2.24) is 14.5 Å². The monoisotopic (exact) mass is 247 g/mol. The number of aromatic nitrogens is 2. The maximum atomic E-state index is 12.0. The third kappa shape index (κ3) is 2.60. The molecule has 1 atom stereocenters. The second kappa shape index (κ2) is 4.52. The van der Waals surface area contributed by atoms with Crippen molar-refractivity contribution in [1.29, 1.82) is 0 Å². The molecule has 0 aliphatic rings. The predicted molar refractivity (Wildman–Crippen MR) is 59.3 cm³/mol. The Balaban J connectivity index is 3.02. The molecule has 0 aliphatic carbocycles. The van der Waals surface area contributed by atoms with Crippen LogP contribution in [0.1, 0.15) is 20.3 Å². The highest BCUT2D eigenvalue weighted by Gasteiger charge is 2.29. The number of aliphatic hydroxyl groups excluding tert-OH is 1. The maximum absolute atomic E-state index is 12.0. The summed E-state index contributed by atoms with van der Waals surface area (Å²) in [5.41, 5.74) is -0.844. The van der Waals surface area contributed by atoms with E-state index in [2.05, 4.69) is 9.82 Å². The first-order chi connectivity index (χ1) is 7.34. The number of hydrogen-bond acceptors (Lipinski definition) is 4. The zero-order chi connectivity index (χ0) is 12.4. The molecule has 1 aromatic heterocycles. The van der Waals surface area contributed by atoms with E-state index in [0.717, 1.165) is 0 Å². The summed E-state index contributed by atoms with van der Waals surface area (Å²) in [6.45, 7) is 3.21. The molecule has 1 rings (SSSR count). The largest absolute Gasteiger partial charge is 0.394 e. The molecular weight excluding hydrogens is 230 g/mol. The Kier molecular flexibility index (Phi) is 3.72. The average Bonchev–Trinajstić information content (AvgIpc) is 2.64. The highest BCUT2D eigenvalue weighted by molar-refractivity contribution is 7.89. The molecular formula is C9H17N3O3S. The first-order valence-corrected chi connectivity index (χ1v) is 6.46. The van der Waals surface area contributed by atoms with Gasteiger partial charge in [0.05, 0.1) is 18.3 Å². The van der Waals surface area contributed by atoms with Gasteiger partial charge in [-0.15, -0.1) is 0 Å². The van der Waals surface area contributed by atoms with Gasteiger partial charge in [0.2, 0.25) is 0 Å². The van der Waals surface area contributed by atoms with Crippen molar-refractivity contribution in [2.45, 2.75) is 30.8 Å². The molecule has 0 spiro atoms. The number of aryl methyl sites for hydroxylation is 1. The number of nitrogens with one attached hydrogen (secondary N) is 1. The van der Waals surface area contributed by atoms with Crippen LogP contribution in [0.2, 0.25) is 0 Å². The van der Waals surface area contributed by atoms with Crippen LogP contribution >= 0.6 is 0 Å². The number of sulfonamides is 1. The van der Waals surface area contributed by atoms with E-state index in [9.17, 15) is 8.42 Å². The van der Waals surface area contributed by atoms with Gasteiger partial charge in [-0.2, -0.15) is 5.10 Å². The van der Waals surface area contributed by atoms with E-state index in [1.54, 1.807) is 14.0 Å². The molecule has 0 bridgehead atoms. The van der Waals surface area contributed by atoms with Crippen LogP contribution in [-0.2, 0) is 17.1 Å². The second-order valence-corrected chi connectivity index (χ2v) is 5.60. The average molecular weight is 247 g/mol. The molecule has 0 aromatic carbocycles. The smallest absolute Gasteiger partial charge is 0.258 e. The predicted octanol–water partition coefficient (Wildman–Crippen LogP) is -0.141. The second-order valence-electron chi connectivity index (χ2n) is 3.97. The molecule has 1 heterocycles. The molecule has 0 aliphatic heterocycles. The van der Waals surface area contributed by atoms with E-state index in [0.29, 0.717) is 6.42 Å². The van der Waals surface area contributed by atoms with Crippen LogP contribution in [0.3, 0.4) is 0 Å². The molecule has 16 heavy (non-hydrogen) atoms. The summed E-state index contributed by atoms with van der Waals surface area (Å²) in [5, 5.41) is 13.0. The van der Waals surface area contributed by atoms with Crippen LogP contribution in [0.15, 0.2) is 17.3 Å². The van der Waals surface area contributed by atoms with Gasteiger partial charge in [0.25, 0.3) is 10.0 Å². The highest BCUT2D eigenvalue weighted by Crippen LogP contribution is 2.14. The summed E-state index contributed by atoms with van der Waals surface area (Å²) in [7, 11) is -2.09. The minimum Gasteiger partial charge on any atom is -0.394 e. The van der Waals surface area contributed by atoms with E-state index in [1.165, 1.54) is 16.9 Å². The molecule has 1 unspecified atom stereocenters. The Morgan fingerprint density at radius 3 is 2.62 bits per heavy atom. The van der Waals surface area contributed by atoms with Crippen molar-refractivity contribution < 1.29 is 13.5 Å². The fourth-order valence-electron chi connectivity index (χ4n) is 1.22. The van der Waals surface area contributed by atoms with Gasteiger partial charge in [-0.05, 0) is 19.4 Å². The fourth-order valence-corrected chi connectivity index (χ4v) is 2.82. The quantitative estimate of drug-likeness (QED) is 0.758. The van der Waals surface area contributed by atoms with Crippen molar-refractivity contribution in [2.75, 3.05) is 6.61 Å². The van der Waals surface area contributed by atoms with E-state index in [1.807, 2.05) is 6.92 Å². The van der Waals surface area contributed by atoms with E-state index >= 15 is 0 Å². The van der Waals surface area contributed by atoms with Crippen molar-refractivity contribution in [2.24, 2.45) is 7.05 Å². The minimum atomic E-state index is -3.64. The molecule has 0 radical (unpaired) electrons. The third-order valence-corrected chi connectivity index (χ3v) is 4.27. The minimum absolute atomic E-state index is 0.0839. The van der Waals surface area contributed by atoms with E-state index < -0.39 is 15.6 Å². The number of hydrogen-bond donors (Lipinski definition) is 2. The van der Waals surface area contributed by atoms with Gasteiger partial charge < -0.3 is 5.11 Å². The summed E-state index contributed by atoms with van der Waals surface area (Å²) in [4.78, 5) is 0. The molecule has 0 saturated carbocycles. The molecule has 0 amide bonds. The van der Waals surface area contributed by atoms with Crippen molar-refractivity contribution in [3.63, 3.8) is 0 Å². The zero-order valence-corrected chi connectivity index (χ0v) is 10.5. The van der Waals surface area contributed by atoms with Gasteiger partial charge in [-0.3, -0.25) is 4.68 Å². The molecule has 2 N–H and O–H groups in total. The number of aliphatic hydroxyl groups is 1. The Morgan fingerprint density at radius 2 is 2.25 bits per heavy atom. The molecule has 0 fully saturated rings. The number of rotatable bonds is 5.